The molecule has 0 aliphatic carbocycles. The molecule has 3 N–H and O–H groups in total. The Bertz CT molecular complexity index is 272. The summed E-state index contributed by atoms with van der Waals surface area (Å²) >= 11 is 0. The molecule has 0 saturated carbocycles. The molecule has 0 heterocycles. The molecule has 1 aromatic rings. The van der Waals surface area contributed by atoms with Crippen molar-refractivity contribution in [3.05, 3.63) is 35.4 Å². The Balaban J connectivity index is 2.12. The first-order chi connectivity index (χ1) is 7.86. The van der Waals surface area contributed by atoms with Crippen LogP contribution in [0.2, 0.25) is 0 Å². The van der Waals surface area contributed by atoms with Crippen molar-refractivity contribution in [2.24, 2.45) is 5.73 Å². The molecule has 1 rings (SSSR count). The third-order valence-electron chi connectivity index (χ3n) is 2.36. The van der Waals surface area contributed by atoms with E-state index in [1.807, 2.05) is 0 Å². The molecule has 0 unspecified atom stereocenters. The van der Waals surface area contributed by atoms with Crippen LogP contribution in [-0.4, -0.2) is 19.8 Å². The van der Waals surface area contributed by atoms with Gasteiger partial charge in [0.2, 0.25) is 0 Å². The Kier molecular flexibility index (Phi) is 6.81. The molecular weight excluding hydrogens is 200 g/mol. The minimum atomic E-state index is 0.610. The van der Waals surface area contributed by atoms with Gasteiger partial charge in [0.1, 0.15) is 0 Å². The summed E-state index contributed by atoms with van der Waals surface area (Å²) in [6.07, 6.45) is 1.08. The number of benzene rings is 1. The van der Waals surface area contributed by atoms with Crippen molar-refractivity contribution in [2.75, 3.05) is 19.8 Å². The number of ether oxygens (including phenoxy) is 1. The fourth-order valence-corrected chi connectivity index (χ4v) is 1.42. The molecule has 0 aliphatic heterocycles. The Morgan fingerprint density at radius 2 is 1.81 bits per heavy atom. The van der Waals surface area contributed by atoms with Crippen LogP contribution in [0.1, 0.15) is 24.5 Å². The molecule has 0 spiro atoms. The van der Waals surface area contributed by atoms with Gasteiger partial charge in [-0.15, -0.1) is 0 Å². The van der Waals surface area contributed by atoms with Crippen LogP contribution >= 0.6 is 0 Å². The van der Waals surface area contributed by atoms with Crippen LogP contribution in [0.5, 0.6) is 0 Å². The number of hydrogen-bond acceptors (Lipinski definition) is 3. The van der Waals surface area contributed by atoms with Crippen molar-refractivity contribution in [1.82, 2.24) is 5.32 Å². The molecule has 0 radical (unpaired) electrons. The van der Waals surface area contributed by atoms with Gasteiger partial charge >= 0.3 is 0 Å². The summed E-state index contributed by atoms with van der Waals surface area (Å²) in [7, 11) is 0. The van der Waals surface area contributed by atoms with Gasteiger partial charge in [-0.05, 0) is 17.5 Å². The van der Waals surface area contributed by atoms with Crippen molar-refractivity contribution in [2.45, 2.75) is 26.4 Å². The molecule has 16 heavy (non-hydrogen) atoms. The predicted octanol–water partition coefficient (Wildman–Crippen LogP) is 1.66. The summed E-state index contributed by atoms with van der Waals surface area (Å²) in [6.45, 7) is 6.16. The van der Waals surface area contributed by atoms with E-state index in [1.165, 1.54) is 11.1 Å². The van der Waals surface area contributed by atoms with E-state index in [0.717, 1.165) is 32.7 Å². The zero-order valence-electron chi connectivity index (χ0n) is 10.0. The topological polar surface area (TPSA) is 47.3 Å². The van der Waals surface area contributed by atoms with Gasteiger partial charge in [0.25, 0.3) is 0 Å². The number of nitrogens with one attached hydrogen (secondary N) is 1. The lowest BCUT2D eigenvalue weighted by Gasteiger charge is -2.06. The SMILES string of the molecule is CCCOCCNCc1ccc(CN)cc1. The number of rotatable bonds is 8. The molecule has 0 aromatic heterocycles. The van der Waals surface area contributed by atoms with Crippen molar-refractivity contribution in [3.8, 4) is 0 Å². The second kappa shape index (κ2) is 8.28. The molecule has 3 nitrogen and oxygen atoms in total. The van der Waals surface area contributed by atoms with Crippen LogP contribution in [-0.2, 0) is 17.8 Å². The van der Waals surface area contributed by atoms with Crippen molar-refractivity contribution >= 4 is 0 Å². The maximum Gasteiger partial charge on any atom is 0.0591 e. The summed E-state index contributed by atoms with van der Waals surface area (Å²) in [5, 5.41) is 3.34. The summed E-state index contributed by atoms with van der Waals surface area (Å²) < 4.78 is 5.38. The van der Waals surface area contributed by atoms with E-state index in [1.54, 1.807) is 0 Å². The molecule has 90 valence electrons. The highest BCUT2D eigenvalue weighted by Crippen LogP contribution is 2.02. The van der Waals surface area contributed by atoms with Crippen molar-refractivity contribution in [3.63, 3.8) is 0 Å². The Labute approximate surface area is 98.0 Å². The zero-order valence-corrected chi connectivity index (χ0v) is 10.0. The van der Waals surface area contributed by atoms with Crippen LogP contribution in [0.15, 0.2) is 24.3 Å². The summed E-state index contributed by atoms with van der Waals surface area (Å²) in [6, 6.07) is 8.37. The van der Waals surface area contributed by atoms with Crippen molar-refractivity contribution < 1.29 is 4.74 Å². The largest absolute Gasteiger partial charge is 0.380 e. The van der Waals surface area contributed by atoms with Gasteiger partial charge in [0, 0.05) is 26.2 Å². The van der Waals surface area contributed by atoms with Gasteiger partial charge in [0.05, 0.1) is 6.61 Å². The summed E-state index contributed by atoms with van der Waals surface area (Å²) in [5.41, 5.74) is 8.00. The molecule has 1 aromatic carbocycles. The standard InChI is InChI=1S/C13H22N2O/c1-2-8-16-9-7-15-11-13-5-3-12(10-14)4-6-13/h3-6,15H,2,7-11,14H2,1H3. The lowest BCUT2D eigenvalue weighted by atomic mass is 10.1. The Morgan fingerprint density at radius 3 is 2.44 bits per heavy atom. The van der Waals surface area contributed by atoms with E-state index in [9.17, 15) is 0 Å². The quantitative estimate of drug-likeness (QED) is 0.658. The highest BCUT2D eigenvalue weighted by Gasteiger charge is 1.93. The molecule has 0 aliphatic rings. The molecule has 0 fully saturated rings. The molecule has 0 bridgehead atoms. The molecular formula is C13H22N2O. The average Bonchev–Trinajstić information content (AvgIpc) is 2.34. The monoisotopic (exact) mass is 222 g/mol. The van der Waals surface area contributed by atoms with Crippen LogP contribution in [0.3, 0.4) is 0 Å². The highest BCUT2D eigenvalue weighted by atomic mass is 16.5. The van der Waals surface area contributed by atoms with E-state index < -0.39 is 0 Å². The minimum Gasteiger partial charge on any atom is -0.380 e. The predicted molar refractivity (Wildman–Crippen MR) is 67.2 cm³/mol. The number of hydrogen-bond donors (Lipinski definition) is 2. The van der Waals surface area contributed by atoms with Gasteiger partial charge in [-0.2, -0.15) is 0 Å². The lowest BCUT2D eigenvalue weighted by molar-refractivity contribution is 0.136. The van der Waals surface area contributed by atoms with E-state index in [-0.39, 0.29) is 0 Å². The van der Waals surface area contributed by atoms with Gasteiger partial charge in [0.15, 0.2) is 0 Å². The van der Waals surface area contributed by atoms with Crippen LogP contribution in [0.4, 0.5) is 0 Å². The highest BCUT2D eigenvalue weighted by molar-refractivity contribution is 5.22. The lowest BCUT2D eigenvalue weighted by Crippen LogP contribution is -2.19. The van der Waals surface area contributed by atoms with Crippen LogP contribution in [0.25, 0.3) is 0 Å². The molecule has 0 atom stereocenters. The average molecular weight is 222 g/mol. The fourth-order valence-electron chi connectivity index (χ4n) is 1.42. The second-order valence-electron chi connectivity index (χ2n) is 3.81. The first kappa shape index (κ1) is 13.2. The van der Waals surface area contributed by atoms with E-state index in [0.29, 0.717) is 6.54 Å². The van der Waals surface area contributed by atoms with Gasteiger partial charge in [-0.1, -0.05) is 31.2 Å². The zero-order chi connectivity index (χ0) is 11.6. The third kappa shape index (κ3) is 5.26. The second-order valence-corrected chi connectivity index (χ2v) is 3.81. The summed E-state index contributed by atoms with van der Waals surface area (Å²) in [5.74, 6) is 0. The summed E-state index contributed by atoms with van der Waals surface area (Å²) in [4.78, 5) is 0. The van der Waals surface area contributed by atoms with Crippen LogP contribution < -0.4 is 11.1 Å². The van der Waals surface area contributed by atoms with Crippen molar-refractivity contribution in [1.29, 1.82) is 0 Å². The Hall–Kier alpha value is -0.900. The first-order valence-electron chi connectivity index (χ1n) is 5.93. The maximum absolute atomic E-state index is 5.54. The van der Waals surface area contributed by atoms with E-state index >= 15 is 0 Å². The smallest absolute Gasteiger partial charge is 0.0591 e. The molecule has 0 saturated heterocycles. The normalized spacial score (nSPS) is 10.6. The van der Waals surface area contributed by atoms with Gasteiger partial charge < -0.3 is 15.8 Å². The molecule has 0 amide bonds. The van der Waals surface area contributed by atoms with Crippen LogP contribution in [0, 0.1) is 0 Å². The number of nitrogens with two attached hydrogens (primary N) is 1. The first-order valence-corrected chi connectivity index (χ1v) is 5.93. The van der Waals surface area contributed by atoms with Gasteiger partial charge in [-0.25, -0.2) is 0 Å². The van der Waals surface area contributed by atoms with E-state index in [4.69, 9.17) is 10.5 Å². The Morgan fingerprint density at radius 1 is 1.12 bits per heavy atom. The maximum atomic E-state index is 5.54. The third-order valence-corrected chi connectivity index (χ3v) is 2.36. The minimum absolute atomic E-state index is 0.610. The van der Waals surface area contributed by atoms with Gasteiger partial charge in [-0.3, -0.25) is 0 Å². The fraction of sp³-hybridized carbons (Fsp3) is 0.538. The van der Waals surface area contributed by atoms with E-state index in [2.05, 4.69) is 36.5 Å². The molecule has 3 heteroatoms.